The fraction of sp³-hybridized carbons (Fsp3) is 0.647. The standard InChI is InChI=1S/C17H28N2O2/c1-3-21-16-10-7-11-19(12-16)13-17(14-20,18-2)15-8-5-4-6-9-15/h4-6,8-9,16,18,20H,3,7,10-14H2,1-2H3. The Morgan fingerprint density at radius 2 is 2.14 bits per heavy atom. The van der Waals surface area contributed by atoms with Crippen molar-refractivity contribution < 1.29 is 9.84 Å². The smallest absolute Gasteiger partial charge is 0.0795 e. The number of hydrogen-bond acceptors (Lipinski definition) is 4. The van der Waals surface area contributed by atoms with Crippen LogP contribution in [0.5, 0.6) is 0 Å². The SMILES string of the molecule is CCOC1CCCN(CC(CO)(NC)c2ccccc2)C1. The topological polar surface area (TPSA) is 44.7 Å². The van der Waals surface area contributed by atoms with Gasteiger partial charge in [-0.15, -0.1) is 0 Å². The largest absolute Gasteiger partial charge is 0.394 e. The number of aliphatic hydroxyl groups excluding tert-OH is 1. The molecule has 0 amide bonds. The normalized spacial score (nSPS) is 22.9. The first kappa shape index (κ1) is 16.4. The van der Waals surface area contributed by atoms with Crippen LogP contribution in [0, 0.1) is 0 Å². The maximum atomic E-state index is 10.0. The van der Waals surface area contributed by atoms with Crippen LogP contribution in [0.4, 0.5) is 0 Å². The molecule has 1 aromatic rings. The number of benzene rings is 1. The molecule has 2 atom stereocenters. The Kier molecular flexibility index (Phi) is 6.18. The second kappa shape index (κ2) is 7.90. The van der Waals surface area contributed by atoms with Crippen LogP contribution in [-0.2, 0) is 10.3 Å². The first-order chi connectivity index (χ1) is 10.2. The zero-order valence-electron chi connectivity index (χ0n) is 13.2. The highest BCUT2D eigenvalue weighted by atomic mass is 16.5. The summed E-state index contributed by atoms with van der Waals surface area (Å²) in [6.45, 7) is 5.73. The van der Waals surface area contributed by atoms with E-state index in [0.29, 0.717) is 6.10 Å². The second-order valence-corrected chi connectivity index (χ2v) is 5.81. The quantitative estimate of drug-likeness (QED) is 0.801. The lowest BCUT2D eigenvalue weighted by molar-refractivity contribution is -0.00698. The van der Waals surface area contributed by atoms with Gasteiger partial charge >= 0.3 is 0 Å². The molecule has 0 radical (unpaired) electrons. The van der Waals surface area contributed by atoms with E-state index in [-0.39, 0.29) is 6.61 Å². The predicted molar refractivity (Wildman–Crippen MR) is 85.4 cm³/mol. The highest BCUT2D eigenvalue weighted by Crippen LogP contribution is 2.24. The van der Waals surface area contributed by atoms with Crippen LogP contribution < -0.4 is 5.32 Å². The van der Waals surface area contributed by atoms with E-state index in [4.69, 9.17) is 4.74 Å². The summed E-state index contributed by atoms with van der Waals surface area (Å²) in [5.41, 5.74) is 0.726. The fourth-order valence-electron chi connectivity index (χ4n) is 3.20. The van der Waals surface area contributed by atoms with Gasteiger partial charge in [0, 0.05) is 19.7 Å². The van der Waals surface area contributed by atoms with Crippen LogP contribution in [-0.4, -0.2) is 56.0 Å². The number of nitrogens with zero attached hydrogens (tertiary/aromatic N) is 1. The molecular weight excluding hydrogens is 264 g/mol. The summed E-state index contributed by atoms with van der Waals surface area (Å²) in [5.74, 6) is 0. The molecule has 4 nitrogen and oxygen atoms in total. The van der Waals surface area contributed by atoms with E-state index in [0.717, 1.165) is 44.6 Å². The van der Waals surface area contributed by atoms with Gasteiger partial charge in [-0.1, -0.05) is 30.3 Å². The predicted octanol–water partition coefficient (Wildman–Crippen LogP) is 1.59. The van der Waals surface area contributed by atoms with Crippen molar-refractivity contribution in [3.05, 3.63) is 35.9 Å². The van der Waals surface area contributed by atoms with Gasteiger partial charge in [0.15, 0.2) is 0 Å². The summed E-state index contributed by atoms with van der Waals surface area (Å²) in [7, 11) is 1.92. The van der Waals surface area contributed by atoms with Crippen LogP contribution in [0.25, 0.3) is 0 Å². The number of nitrogens with one attached hydrogen (secondary N) is 1. The van der Waals surface area contributed by atoms with Crippen molar-refractivity contribution in [2.45, 2.75) is 31.4 Å². The van der Waals surface area contributed by atoms with Crippen molar-refractivity contribution in [3.8, 4) is 0 Å². The lowest BCUT2D eigenvalue weighted by atomic mass is 9.89. The molecule has 1 aliphatic rings. The van der Waals surface area contributed by atoms with Gasteiger partial charge in [0.2, 0.25) is 0 Å². The van der Waals surface area contributed by atoms with Gasteiger partial charge in [-0.2, -0.15) is 0 Å². The molecule has 2 unspecified atom stereocenters. The number of likely N-dealkylation sites (N-methyl/N-ethyl adjacent to an activating group) is 1. The maximum absolute atomic E-state index is 10.0. The number of ether oxygens (including phenoxy) is 1. The fourth-order valence-corrected chi connectivity index (χ4v) is 3.20. The molecule has 1 aliphatic heterocycles. The van der Waals surface area contributed by atoms with E-state index in [1.165, 1.54) is 0 Å². The number of likely N-dealkylation sites (tertiary alicyclic amines) is 1. The van der Waals surface area contributed by atoms with Gasteiger partial charge in [0.1, 0.15) is 0 Å². The third-order valence-corrected chi connectivity index (χ3v) is 4.43. The minimum atomic E-state index is -0.407. The van der Waals surface area contributed by atoms with E-state index < -0.39 is 5.54 Å². The third kappa shape index (κ3) is 4.04. The molecule has 0 spiro atoms. The van der Waals surface area contributed by atoms with Gasteiger partial charge < -0.3 is 15.2 Å². The minimum absolute atomic E-state index is 0.0866. The van der Waals surface area contributed by atoms with Crippen LogP contribution >= 0.6 is 0 Å². The van der Waals surface area contributed by atoms with E-state index >= 15 is 0 Å². The molecular formula is C17H28N2O2. The van der Waals surface area contributed by atoms with E-state index in [9.17, 15) is 5.11 Å². The highest BCUT2D eigenvalue weighted by Gasteiger charge is 2.33. The Morgan fingerprint density at radius 3 is 2.76 bits per heavy atom. The molecule has 0 aromatic heterocycles. The second-order valence-electron chi connectivity index (χ2n) is 5.81. The summed E-state index contributed by atoms with van der Waals surface area (Å²) < 4.78 is 5.78. The van der Waals surface area contributed by atoms with Crippen LogP contribution in [0.2, 0.25) is 0 Å². The van der Waals surface area contributed by atoms with Gasteiger partial charge in [0.25, 0.3) is 0 Å². The lowest BCUT2D eigenvalue weighted by Crippen LogP contribution is -2.54. The summed E-state index contributed by atoms with van der Waals surface area (Å²) in [6, 6.07) is 10.2. The summed E-state index contributed by atoms with van der Waals surface area (Å²) in [5, 5.41) is 13.4. The van der Waals surface area contributed by atoms with E-state index in [1.54, 1.807) is 0 Å². The molecule has 4 heteroatoms. The van der Waals surface area contributed by atoms with Crippen molar-refractivity contribution in [3.63, 3.8) is 0 Å². The van der Waals surface area contributed by atoms with E-state index in [2.05, 4.69) is 29.3 Å². The number of aliphatic hydroxyl groups is 1. The maximum Gasteiger partial charge on any atom is 0.0795 e. The van der Waals surface area contributed by atoms with E-state index in [1.807, 2.05) is 25.2 Å². The number of rotatable bonds is 7. The van der Waals surface area contributed by atoms with Gasteiger partial charge in [0.05, 0.1) is 18.2 Å². The van der Waals surface area contributed by atoms with Crippen molar-refractivity contribution in [1.82, 2.24) is 10.2 Å². The van der Waals surface area contributed by atoms with Crippen molar-refractivity contribution >= 4 is 0 Å². The highest BCUT2D eigenvalue weighted by molar-refractivity contribution is 5.25. The van der Waals surface area contributed by atoms with Crippen LogP contribution in [0.1, 0.15) is 25.3 Å². The minimum Gasteiger partial charge on any atom is -0.394 e. The van der Waals surface area contributed by atoms with Crippen LogP contribution in [0.15, 0.2) is 30.3 Å². The molecule has 0 bridgehead atoms. The Morgan fingerprint density at radius 1 is 1.38 bits per heavy atom. The summed E-state index contributed by atoms with van der Waals surface area (Å²) in [6.07, 6.45) is 2.62. The average molecular weight is 292 g/mol. The van der Waals surface area contributed by atoms with Gasteiger partial charge in [-0.3, -0.25) is 4.90 Å². The first-order valence-corrected chi connectivity index (χ1v) is 7.93. The molecule has 1 fully saturated rings. The molecule has 0 aliphatic carbocycles. The monoisotopic (exact) mass is 292 g/mol. The molecule has 1 aromatic carbocycles. The molecule has 0 saturated carbocycles. The molecule has 118 valence electrons. The van der Waals surface area contributed by atoms with Crippen molar-refractivity contribution in [1.29, 1.82) is 0 Å². The van der Waals surface area contributed by atoms with Gasteiger partial charge in [-0.05, 0) is 38.9 Å². The van der Waals surface area contributed by atoms with Crippen LogP contribution in [0.3, 0.4) is 0 Å². The zero-order valence-corrected chi connectivity index (χ0v) is 13.2. The Balaban J connectivity index is 2.09. The zero-order chi connectivity index (χ0) is 15.1. The number of piperidine rings is 1. The molecule has 1 heterocycles. The number of hydrogen-bond donors (Lipinski definition) is 2. The Hall–Kier alpha value is -0.940. The van der Waals surface area contributed by atoms with Crippen molar-refractivity contribution in [2.75, 3.05) is 39.9 Å². The van der Waals surface area contributed by atoms with Crippen molar-refractivity contribution in [2.24, 2.45) is 0 Å². The van der Waals surface area contributed by atoms with Gasteiger partial charge in [-0.25, -0.2) is 0 Å². The molecule has 21 heavy (non-hydrogen) atoms. The summed E-state index contributed by atoms with van der Waals surface area (Å²) >= 11 is 0. The summed E-state index contributed by atoms with van der Waals surface area (Å²) in [4.78, 5) is 2.41. The first-order valence-electron chi connectivity index (χ1n) is 7.93. The Bertz CT molecular complexity index is 405. The average Bonchev–Trinajstić information content (AvgIpc) is 2.54. The lowest BCUT2D eigenvalue weighted by Gasteiger charge is -2.40. The Labute approximate surface area is 128 Å². The molecule has 1 saturated heterocycles. The molecule has 2 N–H and O–H groups in total. The third-order valence-electron chi connectivity index (χ3n) is 4.43. The molecule has 2 rings (SSSR count).